The smallest absolute Gasteiger partial charge is 0.141 e. The number of hydrogen-bond acceptors (Lipinski definition) is 5. The van der Waals surface area contributed by atoms with Gasteiger partial charge in [0.2, 0.25) is 0 Å². The van der Waals surface area contributed by atoms with Crippen LogP contribution in [0, 0.1) is 13.8 Å². The number of thiophene rings is 1. The second-order valence-electron chi connectivity index (χ2n) is 6.60. The van der Waals surface area contributed by atoms with Gasteiger partial charge in [0.25, 0.3) is 0 Å². The summed E-state index contributed by atoms with van der Waals surface area (Å²) >= 11 is 1.78. The molecule has 130 valence electrons. The van der Waals surface area contributed by atoms with Crippen molar-refractivity contribution in [3.8, 4) is 11.1 Å². The lowest BCUT2D eigenvalue weighted by atomic mass is 10.0. The second-order valence-corrected chi connectivity index (χ2v) is 7.80. The normalized spacial score (nSPS) is 15.9. The molecular formula is C20H24N4S. The molecule has 25 heavy (non-hydrogen) atoms. The van der Waals surface area contributed by atoms with Crippen LogP contribution < -0.4 is 4.90 Å². The molecule has 0 N–H and O–H groups in total. The fourth-order valence-corrected chi connectivity index (χ4v) is 4.74. The van der Waals surface area contributed by atoms with Crippen LogP contribution in [-0.4, -0.2) is 47.6 Å². The topological polar surface area (TPSA) is 32.3 Å². The zero-order chi connectivity index (χ0) is 17.4. The van der Waals surface area contributed by atoms with Crippen LogP contribution >= 0.6 is 11.3 Å². The summed E-state index contributed by atoms with van der Waals surface area (Å²) in [5.74, 6) is 1.97. The zero-order valence-corrected chi connectivity index (χ0v) is 15.9. The third kappa shape index (κ3) is 3.02. The van der Waals surface area contributed by atoms with E-state index in [1.165, 1.54) is 21.4 Å². The summed E-state index contributed by atoms with van der Waals surface area (Å²) in [6.45, 7) is 11.8. The molecule has 0 radical (unpaired) electrons. The minimum Gasteiger partial charge on any atom is -0.353 e. The van der Waals surface area contributed by atoms with E-state index in [-0.39, 0.29) is 0 Å². The Balaban J connectivity index is 1.86. The molecule has 0 atom stereocenters. The molecule has 0 amide bonds. The molecule has 1 saturated heterocycles. The summed E-state index contributed by atoms with van der Waals surface area (Å²) in [6, 6.07) is 10.7. The van der Waals surface area contributed by atoms with E-state index in [9.17, 15) is 0 Å². The van der Waals surface area contributed by atoms with Crippen molar-refractivity contribution in [2.45, 2.75) is 20.8 Å². The fourth-order valence-electron chi connectivity index (χ4n) is 3.65. The van der Waals surface area contributed by atoms with Gasteiger partial charge in [0.05, 0.1) is 5.39 Å². The van der Waals surface area contributed by atoms with Gasteiger partial charge in [0, 0.05) is 36.6 Å². The molecule has 0 saturated carbocycles. The molecule has 0 unspecified atom stereocenters. The van der Waals surface area contributed by atoms with E-state index in [1.807, 2.05) is 6.92 Å². The first kappa shape index (κ1) is 16.5. The van der Waals surface area contributed by atoms with Crippen LogP contribution in [0.4, 0.5) is 5.82 Å². The summed E-state index contributed by atoms with van der Waals surface area (Å²) in [4.78, 5) is 17.0. The van der Waals surface area contributed by atoms with E-state index < -0.39 is 0 Å². The number of likely N-dealkylation sites (N-methyl/N-ethyl adjacent to an activating group) is 1. The Labute approximate surface area is 153 Å². The van der Waals surface area contributed by atoms with E-state index in [0.29, 0.717) is 0 Å². The average molecular weight is 353 g/mol. The number of aryl methyl sites for hydroxylation is 2. The molecule has 1 fully saturated rings. The highest BCUT2D eigenvalue weighted by Gasteiger charge is 2.23. The molecule has 4 nitrogen and oxygen atoms in total. The summed E-state index contributed by atoms with van der Waals surface area (Å²) < 4.78 is 0. The van der Waals surface area contributed by atoms with Crippen molar-refractivity contribution >= 4 is 27.4 Å². The van der Waals surface area contributed by atoms with Gasteiger partial charge < -0.3 is 9.80 Å². The van der Waals surface area contributed by atoms with Crippen molar-refractivity contribution in [3.63, 3.8) is 0 Å². The van der Waals surface area contributed by atoms with E-state index in [1.54, 1.807) is 11.3 Å². The standard InChI is InChI=1S/C20H24N4S/c1-4-23-10-12-24(13-11-23)19-18-17(16-8-6-5-7-9-16)14(2)25-20(18)22-15(3)21-19/h5-9H,4,10-13H2,1-3H3. The van der Waals surface area contributed by atoms with Crippen LogP contribution in [0.2, 0.25) is 0 Å². The number of piperazine rings is 1. The Morgan fingerprint density at radius 1 is 1.00 bits per heavy atom. The first-order chi connectivity index (χ1) is 12.2. The zero-order valence-electron chi connectivity index (χ0n) is 15.1. The van der Waals surface area contributed by atoms with E-state index >= 15 is 0 Å². The van der Waals surface area contributed by atoms with Crippen molar-refractivity contribution in [1.82, 2.24) is 14.9 Å². The monoisotopic (exact) mass is 352 g/mol. The Hall–Kier alpha value is -1.98. The maximum absolute atomic E-state index is 4.88. The average Bonchev–Trinajstić information content (AvgIpc) is 2.97. The SMILES string of the molecule is CCN1CCN(c2nc(C)nc3sc(C)c(-c4ccccc4)c23)CC1. The minimum atomic E-state index is 0.862. The van der Waals surface area contributed by atoms with Crippen LogP contribution in [0.25, 0.3) is 21.3 Å². The van der Waals surface area contributed by atoms with Gasteiger partial charge in [0.15, 0.2) is 0 Å². The molecule has 1 aliphatic heterocycles. The molecular weight excluding hydrogens is 328 g/mol. The van der Waals surface area contributed by atoms with Gasteiger partial charge in [-0.1, -0.05) is 37.3 Å². The van der Waals surface area contributed by atoms with Crippen molar-refractivity contribution in [2.24, 2.45) is 0 Å². The van der Waals surface area contributed by atoms with Crippen LogP contribution in [0.3, 0.4) is 0 Å². The van der Waals surface area contributed by atoms with Crippen molar-refractivity contribution in [2.75, 3.05) is 37.6 Å². The highest BCUT2D eigenvalue weighted by Crippen LogP contribution is 2.41. The van der Waals surface area contributed by atoms with E-state index in [2.05, 4.69) is 54.0 Å². The Bertz CT molecular complexity index is 880. The highest BCUT2D eigenvalue weighted by molar-refractivity contribution is 7.19. The maximum Gasteiger partial charge on any atom is 0.141 e. The second kappa shape index (κ2) is 6.73. The molecule has 0 bridgehead atoms. The predicted molar refractivity (Wildman–Crippen MR) is 107 cm³/mol. The first-order valence-electron chi connectivity index (χ1n) is 8.98. The largest absolute Gasteiger partial charge is 0.353 e. The van der Waals surface area contributed by atoms with Crippen molar-refractivity contribution in [1.29, 1.82) is 0 Å². The molecule has 4 rings (SSSR count). The van der Waals surface area contributed by atoms with Gasteiger partial charge in [-0.2, -0.15) is 0 Å². The maximum atomic E-state index is 4.88. The summed E-state index contributed by atoms with van der Waals surface area (Å²) in [7, 11) is 0. The van der Waals surface area contributed by atoms with Crippen LogP contribution in [0.5, 0.6) is 0 Å². The predicted octanol–water partition coefficient (Wildman–Crippen LogP) is 4.12. The molecule has 1 aliphatic rings. The molecule has 5 heteroatoms. The van der Waals surface area contributed by atoms with Crippen LogP contribution in [-0.2, 0) is 0 Å². The molecule has 2 aromatic heterocycles. The van der Waals surface area contributed by atoms with Gasteiger partial charge in [-0.15, -0.1) is 11.3 Å². The third-order valence-corrected chi connectivity index (χ3v) is 6.00. The third-order valence-electron chi connectivity index (χ3n) is 5.00. The number of hydrogen-bond donors (Lipinski definition) is 0. The molecule has 1 aromatic carbocycles. The van der Waals surface area contributed by atoms with Crippen molar-refractivity contribution < 1.29 is 0 Å². The number of fused-ring (bicyclic) bond motifs is 1. The van der Waals surface area contributed by atoms with Crippen molar-refractivity contribution in [3.05, 3.63) is 41.0 Å². The Morgan fingerprint density at radius 3 is 2.40 bits per heavy atom. The molecule has 0 aliphatic carbocycles. The van der Waals surface area contributed by atoms with Crippen LogP contribution in [0.1, 0.15) is 17.6 Å². The molecule has 0 spiro atoms. The molecule has 3 aromatic rings. The Morgan fingerprint density at radius 2 is 1.72 bits per heavy atom. The highest BCUT2D eigenvalue weighted by atomic mass is 32.1. The number of anilines is 1. The van der Waals surface area contributed by atoms with Gasteiger partial charge >= 0.3 is 0 Å². The summed E-state index contributed by atoms with van der Waals surface area (Å²) in [5, 5.41) is 1.23. The lowest BCUT2D eigenvalue weighted by Gasteiger charge is -2.35. The number of nitrogens with zero attached hydrogens (tertiary/aromatic N) is 4. The van der Waals surface area contributed by atoms with Gasteiger partial charge in [-0.3, -0.25) is 0 Å². The quantitative estimate of drug-likeness (QED) is 0.710. The molecule has 3 heterocycles. The number of aromatic nitrogens is 2. The van der Waals surface area contributed by atoms with E-state index in [0.717, 1.165) is 49.2 Å². The number of benzene rings is 1. The summed E-state index contributed by atoms with van der Waals surface area (Å²) in [6.07, 6.45) is 0. The Kier molecular flexibility index (Phi) is 4.44. The fraction of sp³-hybridized carbons (Fsp3) is 0.400. The first-order valence-corrected chi connectivity index (χ1v) is 9.79. The van der Waals surface area contributed by atoms with Gasteiger partial charge in [-0.25, -0.2) is 9.97 Å². The number of rotatable bonds is 3. The summed E-state index contributed by atoms with van der Waals surface area (Å²) in [5.41, 5.74) is 2.56. The lowest BCUT2D eigenvalue weighted by molar-refractivity contribution is 0.270. The lowest BCUT2D eigenvalue weighted by Crippen LogP contribution is -2.46. The van der Waals surface area contributed by atoms with Crippen LogP contribution in [0.15, 0.2) is 30.3 Å². The van der Waals surface area contributed by atoms with Gasteiger partial charge in [-0.05, 0) is 26.0 Å². The van der Waals surface area contributed by atoms with Gasteiger partial charge in [0.1, 0.15) is 16.5 Å². The minimum absolute atomic E-state index is 0.862. The van der Waals surface area contributed by atoms with E-state index in [4.69, 9.17) is 9.97 Å².